The maximum absolute atomic E-state index is 12.1. The Kier molecular flexibility index (Phi) is 9.48. The fraction of sp³-hybridized carbons (Fsp3) is 0.588. The van der Waals surface area contributed by atoms with Gasteiger partial charge in [-0.25, -0.2) is 0 Å². The summed E-state index contributed by atoms with van der Waals surface area (Å²) in [4.78, 5) is 14.0. The first kappa shape index (κ1) is 19.0. The number of ether oxygens (including phenoxy) is 1. The van der Waals surface area contributed by atoms with E-state index in [4.69, 9.17) is 5.53 Å². The van der Waals surface area contributed by atoms with Crippen molar-refractivity contribution in [1.29, 1.82) is 0 Å². The van der Waals surface area contributed by atoms with E-state index in [-0.39, 0.29) is 18.7 Å². The SMILES string of the molecule is COC(=O)CCCc1ccc(C(CCCCCF)N=[N+]=[N-])cc1. The number of rotatable bonds is 11. The summed E-state index contributed by atoms with van der Waals surface area (Å²) in [5, 5.41) is 3.84. The zero-order chi connectivity index (χ0) is 16.9. The van der Waals surface area contributed by atoms with E-state index >= 15 is 0 Å². The highest BCUT2D eigenvalue weighted by molar-refractivity contribution is 5.69. The van der Waals surface area contributed by atoms with Crippen LogP contribution in [0.25, 0.3) is 10.4 Å². The van der Waals surface area contributed by atoms with Crippen molar-refractivity contribution in [2.24, 2.45) is 5.11 Å². The molecule has 126 valence electrons. The Labute approximate surface area is 136 Å². The summed E-state index contributed by atoms with van der Waals surface area (Å²) in [6.07, 6.45) is 4.89. The van der Waals surface area contributed by atoms with Crippen LogP contribution in [0.4, 0.5) is 4.39 Å². The van der Waals surface area contributed by atoms with Crippen LogP contribution < -0.4 is 0 Å². The van der Waals surface area contributed by atoms with Gasteiger partial charge in [0, 0.05) is 11.3 Å². The second-order valence-electron chi connectivity index (χ2n) is 5.43. The van der Waals surface area contributed by atoms with Crippen LogP contribution >= 0.6 is 0 Å². The van der Waals surface area contributed by atoms with Gasteiger partial charge >= 0.3 is 5.97 Å². The lowest BCUT2D eigenvalue weighted by molar-refractivity contribution is -0.140. The first-order valence-corrected chi connectivity index (χ1v) is 7.97. The number of benzene rings is 1. The second kappa shape index (κ2) is 11.5. The molecule has 5 nitrogen and oxygen atoms in total. The van der Waals surface area contributed by atoms with E-state index in [0.29, 0.717) is 12.8 Å². The third-order valence-electron chi connectivity index (χ3n) is 3.74. The molecule has 0 bridgehead atoms. The van der Waals surface area contributed by atoms with Crippen molar-refractivity contribution in [2.75, 3.05) is 13.8 Å². The molecule has 1 unspecified atom stereocenters. The minimum atomic E-state index is -0.299. The minimum absolute atomic E-state index is 0.196. The van der Waals surface area contributed by atoms with Crippen LogP contribution in [0.15, 0.2) is 29.4 Å². The Hall–Kier alpha value is -2.07. The van der Waals surface area contributed by atoms with E-state index < -0.39 is 0 Å². The number of hydrogen-bond donors (Lipinski definition) is 0. The van der Waals surface area contributed by atoms with Crippen LogP contribution in [-0.2, 0) is 16.0 Å². The van der Waals surface area contributed by atoms with E-state index in [2.05, 4.69) is 14.8 Å². The van der Waals surface area contributed by atoms with Gasteiger partial charge in [0.1, 0.15) is 0 Å². The largest absolute Gasteiger partial charge is 0.469 e. The predicted molar refractivity (Wildman–Crippen MR) is 87.7 cm³/mol. The third kappa shape index (κ3) is 7.66. The summed E-state index contributed by atoms with van der Waals surface area (Å²) in [6.45, 7) is -0.299. The second-order valence-corrected chi connectivity index (χ2v) is 5.43. The number of halogens is 1. The van der Waals surface area contributed by atoms with Crippen LogP contribution in [0.2, 0.25) is 0 Å². The molecule has 0 aliphatic rings. The summed E-state index contributed by atoms with van der Waals surface area (Å²) < 4.78 is 16.7. The number of azide groups is 1. The highest BCUT2D eigenvalue weighted by Gasteiger charge is 2.09. The molecule has 1 aromatic carbocycles. The van der Waals surface area contributed by atoms with Crippen molar-refractivity contribution in [3.63, 3.8) is 0 Å². The van der Waals surface area contributed by atoms with Crippen LogP contribution in [-0.4, -0.2) is 19.8 Å². The van der Waals surface area contributed by atoms with Gasteiger partial charge in [-0.3, -0.25) is 9.18 Å². The number of unbranched alkanes of at least 4 members (excludes halogenated alkanes) is 2. The molecule has 6 heteroatoms. The fourth-order valence-corrected chi connectivity index (χ4v) is 2.41. The summed E-state index contributed by atoms with van der Waals surface area (Å²) in [5.41, 5.74) is 10.8. The molecule has 0 spiro atoms. The molecule has 1 rings (SSSR count). The molecule has 0 aromatic heterocycles. The lowest BCUT2D eigenvalue weighted by Gasteiger charge is -2.12. The summed E-state index contributed by atoms with van der Waals surface area (Å²) >= 11 is 0. The predicted octanol–water partition coefficient (Wildman–Crippen LogP) is 5.06. The van der Waals surface area contributed by atoms with Gasteiger partial charge in [0.15, 0.2) is 0 Å². The van der Waals surface area contributed by atoms with E-state index in [9.17, 15) is 9.18 Å². The maximum Gasteiger partial charge on any atom is 0.305 e. The number of aryl methyl sites for hydroxylation is 1. The molecule has 0 N–H and O–H groups in total. The smallest absolute Gasteiger partial charge is 0.305 e. The molecule has 0 aliphatic heterocycles. The van der Waals surface area contributed by atoms with E-state index in [1.807, 2.05) is 24.3 Å². The number of esters is 1. The Morgan fingerprint density at radius 3 is 2.61 bits per heavy atom. The van der Waals surface area contributed by atoms with Crippen LogP contribution in [0.1, 0.15) is 55.7 Å². The van der Waals surface area contributed by atoms with Gasteiger partial charge in [-0.15, -0.1) is 0 Å². The minimum Gasteiger partial charge on any atom is -0.469 e. The van der Waals surface area contributed by atoms with Crippen LogP contribution in [0.3, 0.4) is 0 Å². The van der Waals surface area contributed by atoms with E-state index in [1.165, 1.54) is 7.11 Å². The number of carbonyl (C=O) groups excluding carboxylic acids is 1. The fourth-order valence-electron chi connectivity index (χ4n) is 2.41. The van der Waals surface area contributed by atoms with Crippen molar-refractivity contribution in [3.05, 3.63) is 45.8 Å². The van der Waals surface area contributed by atoms with Crippen molar-refractivity contribution in [1.82, 2.24) is 0 Å². The topological polar surface area (TPSA) is 75.1 Å². The van der Waals surface area contributed by atoms with E-state index in [1.54, 1.807) is 0 Å². The van der Waals surface area contributed by atoms with Gasteiger partial charge in [0.2, 0.25) is 0 Å². The Morgan fingerprint density at radius 2 is 2.00 bits per heavy atom. The average molecular weight is 321 g/mol. The van der Waals surface area contributed by atoms with Gasteiger partial charge in [0.25, 0.3) is 0 Å². The number of methoxy groups -OCH3 is 1. The van der Waals surface area contributed by atoms with Crippen molar-refractivity contribution in [3.8, 4) is 0 Å². The first-order valence-electron chi connectivity index (χ1n) is 7.97. The molecule has 1 aromatic rings. The zero-order valence-corrected chi connectivity index (χ0v) is 13.6. The quantitative estimate of drug-likeness (QED) is 0.188. The summed E-state index contributed by atoms with van der Waals surface area (Å²) in [7, 11) is 1.39. The van der Waals surface area contributed by atoms with Crippen molar-refractivity contribution in [2.45, 2.75) is 51.0 Å². The molecule has 0 saturated carbocycles. The van der Waals surface area contributed by atoms with Gasteiger partial charge < -0.3 is 4.74 Å². The summed E-state index contributed by atoms with van der Waals surface area (Å²) in [6, 6.07) is 7.70. The molecule has 23 heavy (non-hydrogen) atoms. The molecule has 0 fully saturated rings. The van der Waals surface area contributed by atoms with E-state index in [0.717, 1.165) is 43.2 Å². The number of alkyl halides is 1. The molecule has 0 aliphatic carbocycles. The molecular weight excluding hydrogens is 297 g/mol. The first-order chi connectivity index (χ1) is 11.2. The monoisotopic (exact) mass is 321 g/mol. The number of nitrogens with zero attached hydrogens (tertiary/aromatic N) is 3. The highest BCUT2D eigenvalue weighted by Crippen LogP contribution is 2.25. The molecule has 1 atom stereocenters. The van der Waals surface area contributed by atoms with Crippen LogP contribution in [0.5, 0.6) is 0 Å². The standard InChI is InChI=1S/C17H24FN3O2/c1-23-17(22)8-5-6-14-9-11-15(12-10-14)16(20-21-19)7-3-2-4-13-18/h9-12,16H,2-8,13H2,1H3. The normalized spacial score (nSPS) is 11.6. The van der Waals surface area contributed by atoms with Gasteiger partial charge in [0.05, 0.1) is 19.8 Å². The highest BCUT2D eigenvalue weighted by atomic mass is 19.1. The lowest BCUT2D eigenvalue weighted by atomic mass is 9.98. The molecule has 0 saturated heterocycles. The third-order valence-corrected chi connectivity index (χ3v) is 3.74. The Bertz CT molecular complexity index is 513. The van der Waals surface area contributed by atoms with Crippen molar-refractivity contribution >= 4 is 5.97 Å². The molecular formula is C17H24FN3O2. The number of hydrogen-bond acceptors (Lipinski definition) is 3. The Balaban J connectivity index is 2.53. The van der Waals surface area contributed by atoms with Crippen molar-refractivity contribution < 1.29 is 13.9 Å². The molecule has 0 amide bonds. The maximum atomic E-state index is 12.1. The summed E-state index contributed by atoms with van der Waals surface area (Å²) in [5.74, 6) is -0.196. The van der Waals surface area contributed by atoms with Gasteiger partial charge in [-0.2, -0.15) is 0 Å². The molecule has 0 heterocycles. The van der Waals surface area contributed by atoms with Gasteiger partial charge in [-0.05, 0) is 42.3 Å². The average Bonchev–Trinajstić information content (AvgIpc) is 2.58. The number of carbonyl (C=O) groups is 1. The zero-order valence-electron chi connectivity index (χ0n) is 13.6. The van der Waals surface area contributed by atoms with Crippen LogP contribution in [0, 0.1) is 0 Å². The Morgan fingerprint density at radius 1 is 1.26 bits per heavy atom. The van der Waals surface area contributed by atoms with Gasteiger partial charge in [-0.1, -0.05) is 42.2 Å². The lowest BCUT2D eigenvalue weighted by Crippen LogP contribution is -2.01. The molecule has 0 radical (unpaired) electrons.